The number of hydrogen-bond acceptors (Lipinski definition) is 7. The fourth-order valence-corrected chi connectivity index (χ4v) is 4.49. The van der Waals surface area contributed by atoms with Crippen LogP contribution >= 0.6 is 0 Å². The van der Waals surface area contributed by atoms with Crippen molar-refractivity contribution in [1.82, 2.24) is 14.7 Å². The van der Waals surface area contributed by atoms with Crippen molar-refractivity contribution in [2.45, 2.75) is 20.0 Å². The van der Waals surface area contributed by atoms with Gasteiger partial charge in [-0.2, -0.15) is 0 Å². The van der Waals surface area contributed by atoms with E-state index in [9.17, 15) is 9.59 Å². The highest BCUT2D eigenvalue weighted by molar-refractivity contribution is 5.93. The molecule has 0 spiro atoms. The molecular weight excluding hydrogens is 512 g/mol. The third-order valence-electron chi connectivity index (χ3n) is 6.77. The smallest absolute Gasteiger partial charge is 0.322 e. The normalized spacial score (nSPS) is 13.5. The van der Waals surface area contributed by atoms with Crippen LogP contribution in [0.25, 0.3) is 0 Å². The second-order valence-corrected chi connectivity index (χ2v) is 9.62. The van der Waals surface area contributed by atoms with Crippen molar-refractivity contribution in [3.63, 3.8) is 0 Å². The molecule has 1 saturated heterocycles. The number of nitrogens with zero attached hydrogens (tertiary/aromatic N) is 3. The number of ether oxygens (including phenoxy) is 3. The zero-order valence-corrected chi connectivity index (χ0v) is 23.4. The molecule has 1 aliphatic heterocycles. The van der Waals surface area contributed by atoms with Crippen LogP contribution in [0.4, 0.5) is 10.5 Å². The molecule has 10 heteroatoms. The summed E-state index contributed by atoms with van der Waals surface area (Å²) in [5.74, 6) is 2.36. The number of nitrogens with one attached hydrogen (secondary N) is 1. The lowest BCUT2D eigenvalue weighted by Gasteiger charge is -2.31. The highest BCUT2D eigenvalue weighted by Crippen LogP contribution is 2.29. The van der Waals surface area contributed by atoms with E-state index in [0.29, 0.717) is 62.3 Å². The van der Waals surface area contributed by atoms with E-state index in [0.717, 1.165) is 24.4 Å². The van der Waals surface area contributed by atoms with E-state index in [1.807, 2.05) is 49.4 Å². The average Bonchev–Trinajstić information content (AvgIpc) is 3.40. The molecule has 1 N–H and O–H groups in total. The number of hydrogen-bond donors (Lipinski definition) is 1. The molecule has 0 radical (unpaired) electrons. The Kier molecular flexibility index (Phi) is 10.4. The van der Waals surface area contributed by atoms with Crippen molar-refractivity contribution in [2.24, 2.45) is 0 Å². The molecule has 0 bridgehead atoms. The van der Waals surface area contributed by atoms with Crippen LogP contribution in [0.15, 0.2) is 65.1 Å². The Hall–Kier alpha value is -4.02. The first-order valence-electron chi connectivity index (χ1n) is 13.4. The third kappa shape index (κ3) is 8.24. The zero-order valence-electron chi connectivity index (χ0n) is 23.4. The lowest BCUT2D eigenvalue weighted by atomic mass is 10.2. The third-order valence-corrected chi connectivity index (χ3v) is 6.77. The fourth-order valence-electron chi connectivity index (χ4n) is 4.49. The lowest BCUT2D eigenvalue weighted by molar-refractivity contribution is -0.133. The Labute approximate surface area is 235 Å². The molecule has 10 nitrogen and oxygen atoms in total. The number of morpholine rings is 1. The summed E-state index contributed by atoms with van der Waals surface area (Å²) in [5.41, 5.74) is 1.48. The van der Waals surface area contributed by atoms with Gasteiger partial charge >= 0.3 is 6.03 Å². The molecule has 3 aromatic rings. The number of urea groups is 1. The Balaban J connectivity index is 1.52. The molecule has 1 aliphatic rings. The topological polar surface area (TPSA) is 96.7 Å². The Morgan fingerprint density at radius 3 is 2.40 bits per heavy atom. The van der Waals surface area contributed by atoms with E-state index in [1.165, 1.54) is 7.11 Å². The summed E-state index contributed by atoms with van der Waals surface area (Å²) in [6, 6.07) is 18.3. The number of aryl methyl sites for hydroxylation is 1. The molecular formula is C30H38N4O6. The van der Waals surface area contributed by atoms with Gasteiger partial charge in [0.15, 0.2) is 0 Å². The fraction of sp³-hybridized carbons (Fsp3) is 0.400. The molecule has 0 unspecified atom stereocenters. The monoisotopic (exact) mass is 550 g/mol. The number of carbonyl (C=O) groups excluding carboxylic acids is 2. The van der Waals surface area contributed by atoms with Gasteiger partial charge in [0, 0.05) is 38.8 Å². The first kappa shape index (κ1) is 29.0. The molecule has 2 heterocycles. The van der Waals surface area contributed by atoms with Crippen LogP contribution < -0.4 is 14.8 Å². The van der Waals surface area contributed by atoms with E-state index < -0.39 is 6.03 Å². The molecule has 0 atom stereocenters. The summed E-state index contributed by atoms with van der Waals surface area (Å²) in [6.07, 6.45) is 0. The Morgan fingerprint density at radius 1 is 0.950 bits per heavy atom. The van der Waals surface area contributed by atoms with Gasteiger partial charge in [-0.25, -0.2) is 4.79 Å². The summed E-state index contributed by atoms with van der Waals surface area (Å²) in [4.78, 5) is 32.9. The van der Waals surface area contributed by atoms with Crippen molar-refractivity contribution in [2.75, 3.05) is 65.5 Å². The van der Waals surface area contributed by atoms with Gasteiger partial charge in [-0.3, -0.25) is 9.69 Å². The number of rotatable bonds is 12. The van der Waals surface area contributed by atoms with Crippen LogP contribution in [0, 0.1) is 6.92 Å². The van der Waals surface area contributed by atoms with Gasteiger partial charge in [0.1, 0.15) is 29.6 Å². The molecule has 3 amide bonds. The van der Waals surface area contributed by atoms with Gasteiger partial charge in [-0.05, 0) is 36.8 Å². The highest BCUT2D eigenvalue weighted by atomic mass is 16.5. The van der Waals surface area contributed by atoms with E-state index in [2.05, 4.69) is 10.2 Å². The highest BCUT2D eigenvalue weighted by Gasteiger charge is 2.24. The van der Waals surface area contributed by atoms with Crippen LogP contribution in [0.3, 0.4) is 0 Å². The van der Waals surface area contributed by atoms with Gasteiger partial charge in [0.2, 0.25) is 5.91 Å². The first-order chi connectivity index (χ1) is 19.4. The number of anilines is 1. The zero-order chi connectivity index (χ0) is 28.3. The number of carbonyl (C=O) groups is 2. The van der Waals surface area contributed by atoms with E-state index >= 15 is 0 Å². The van der Waals surface area contributed by atoms with Gasteiger partial charge < -0.3 is 33.7 Å². The predicted octanol–water partition coefficient (Wildman–Crippen LogP) is 4.00. The van der Waals surface area contributed by atoms with Crippen molar-refractivity contribution in [3.8, 4) is 11.5 Å². The van der Waals surface area contributed by atoms with Crippen molar-refractivity contribution < 1.29 is 28.2 Å². The maximum atomic E-state index is 13.8. The van der Waals surface area contributed by atoms with Gasteiger partial charge in [0.25, 0.3) is 0 Å². The molecule has 40 heavy (non-hydrogen) atoms. The molecule has 4 rings (SSSR count). The van der Waals surface area contributed by atoms with Crippen LogP contribution in [0.1, 0.15) is 17.1 Å². The Morgan fingerprint density at radius 2 is 1.73 bits per heavy atom. The van der Waals surface area contributed by atoms with Crippen LogP contribution in [0.5, 0.6) is 11.5 Å². The quantitative estimate of drug-likeness (QED) is 0.364. The summed E-state index contributed by atoms with van der Waals surface area (Å²) >= 11 is 0. The number of benzene rings is 2. The summed E-state index contributed by atoms with van der Waals surface area (Å²) in [5, 5.41) is 2.92. The second kappa shape index (κ2) is 14.4. The van der Waals surface area contributed by atoms with E-state index in [4.69, 9.17) is 18.6 Å². The number of furan rings is 1. The van der Waals surface area contributed by atoms with Crippen molar-refractivity contribution in [1.29, 1.82) is 0 Å². The molecule has 1 aromatic heterocycles. The maximum Gasteiger partial charge on any atom is 0.322 e. The largest absolute Gasteiger partial charge is 0.497 e. The second-order valence-electron chi connectivity index (χ2n) is 9.62. The van der Waals surface area contributed by atoms with Gasteiger partial charge in [-0.15, -0.1) is 0 Å². The lowest BCUT2D eigenvalue weighted by Crippen LogP contribution is -2.48. The molecule has 214 valence electrons. The van der Waals surface area contributed by atoms with E-state index in [1.54, 1.807) is 35.1 Å². The number of amides is 3. The van der Waals surface area contributed by atoms with E-state index in [-0.39, 0.29) is 12.5 Å². The number of methoxy groups -OCH3 is 2. The first-order valence-corrected chi connectivity index (χ1v) is 13.4. The van der Waals surface area contributed by atoms with Gasteiger partial charge in [-0.1, -0.05) is 30.3 Å². The minimum Gasteiger partial charge on any atom is -0.497 e. The average molecular weight is 551 g/mol. The minimum atomic E-state index is -0.390. The predicted molar refractivity (Wildman–Crippen MR) is 152 cm³/mol. The van der Waals surface area contributed by atoms with Crippen molar-refractivity contribution >= 4 is 17.6 Å². The SMILES string of the molecule is COc1ccc(NC(=O)N(CCN2CCOCC2)CC(=O)N(Cc2ccccc2)Cc2ccc(C)o2)c(OC)c1. The van der Waals surface area contributed by atoms with Crippen LogP contribution in [-0.4, -0.2) is 86.8 Å². The van der Waals surface area contributed by atoms with Crippen molar-refractivity contribution in [3.05, 3.63) is 77.7 Å². The molecule has 1 fully saturated rings. The minimum absolute atomic E-state index is 0.0961. The van der Waals surface area contributed by atoms with Gasteiger partial charge in [0.05, 0.1) is 39.7 Å². The molecule has 2 aromatic carbocycles. The van der Waals surface area contributed by atoms with Crippen LogP contribution in [0.2, 0.25) is 0 Å². The maximum absolute atomic E-state index is 13.8. The summed E-state index contributed by atoms with van der Waals surface area (Å²) in [6.45, 7) is 6.34. The molecule has 0 saturated carbocycles. The summed E-state index contributed by atoms with van der Waals surface area (Å²) in [7, 11) is 3.10. The standard InChI is InChI=1S/C30H38N4O6/c1-23-9-10-26(40-23)21-34(20-24-7-5-4-6-8-24)29(35)22-33(14-13-32-15-17-39-18-16-32)30(36)31-27-12-11-25(37-2)19-28(27)38-3/h4-12,19H,13-18,20-22H2,1-3H3,(H,31,36). The Bertz CT molecular complexity index is 1240. The molecule has 0 aliphatic carbocycles. The summed E-state index contributed by atoms with van der Waals surface area (Å²) < 4.78 is 22.0. The van der Waals surface area contributed by atoms with Crippen LogP contribution in [-0.2, 0) is 22.6 Å².